The summed E-state index contributed by atoms with van der Waals surface area (Å²) in [5, 5.41) is 64.2. The molecule has 7 rings (SSSR count). The van der Waals surface area contributed by atoms with Crippen LogP contribution in [-0.4, -0.2) is 125 Å². The Bertz CT molecular complexity index is 2300. The Kier molecular flexibility index (Phi) is 10.3. The first-order valence-electron chi connectivity index (χ1n) is 18.2. The molecule has 1 aliphatic heterocycles. The first-order chi connectivity index (χ1) is 27.5. The molecule has 8 atom stereocenters. The number of ether oxygens (including phenoxy) is 5. The van der Waals surface area contributed by atoms with Gasteiger partial charge in [-0.15, -0.1) is 0 Å². The summed E-state index contributed by atoms with van der Waals surface area (Å²) >= 11 is 0. The second-order valence-electron chi connectivity index (χ2n) is 14.6. The number of Topliss-reactive ketones (excluding diaryl/α,β-unsaturated/α-hetero) is 3. The van der Waals surface area contributed by atoms with Crippen LogP contribution in [0.25, 0.3) is 0 Å². The lowest BCUT2D eigenvalue weighted by Crippen LogP contribution is -2.73. The Balaban J connectivity index is 1.31. The molecular weight excluding hydrogens is 760 g/mol. The van der Waals surface area contributed by atoms with Crippen molar-refractivity contribution >= 4 is 29.0 Å². The standard InChI is InChI=1S/C41H42N2O15/c1-16-11-19-12-25(45)41(57-6)37(51)28-22(36(50)40(41,53)29(19)32(48)26(16)38(52)42-15-18-7-9-20(54-3)10-8-18)13-21-27(31(28)47)24(44)14-23(30(21)46)43-39-35(56-5)33(49)34(55-4)17(2)58-39/h7-11,13-14,17,25,33-35,39,43,45,47-49,53H,12,15H2,1-6H3,(H,42,52)/t17-,25+,33+,34-,35+,39-,40-,41+/m0/s1. The number of rotatable bonds is 9. The number of hydrogen-bond donors (Lipinski definition) is 7. The maximum atomic E-state index is 14.9. The fourth-order valence-corrected chi connectivity index (χ4v) is 8.79. The van der Waals surface area contributed by atoms with E-state index < -0.39 is 123 Å². The van der Waals surface area contributed by atoms with E-state index in [1.807, 2.05) is 0 Å². The fourth-order valence-electron chi connectivity index (χ4n) is 8.79. The summed E-state index contributed by atoms with van der Waals surface area (Å²) in [6.45, 7) is 3.12. The van der Waals surface area contributed by atoms with E-state index in [-0.39, 0.29) is 28.9 Å². The summed E-state index contributed by atoms with van der Waals surface area (Å²) in [4.78, 5) is 71.0. The Morgan fingerprint density at radius 1 is 0.914 bits per heavy atom. The summed E-state index contributed by atoms with van der Waals surface area (Å²) in [6, 6.07) is 9.04. The number of phenolic OH excluding ortho intramolecular Hbond substituents is 2. The summed E-state index contributed by atoms with van der Waals surface area (Å²) < 4.78 is 27.4. The predicted molar refractivity (Wildman–Crippen MR) is 199 cm³/mol. The van der Waals surface area contributed by atoms with Crippen LogP contribution in [0.15, 0.2) is 48.2 Å². The molecule has 1 fully saturated rings. The van der Waals surface area contributed by atoms with Gasteiger partial charge in [0.25, 0.3) is 5.91 Å². The van der Waals surface area contributed by atoms with Gasteiger partial charge in [-0.2, -0.15) is 0 Å². The van der Waals surface area contributed by atoms with Gasteiger partial charge in [0.15, 0.2) is 23.2 Å². The molecule has 4 aliphatic rings. The molecule has 0 bridgehead atoms. The van der Waals surface area contributed by atoms with Gasteiger partial charge in [0.1, 0.15) is 35.6 Å². The lowest BCUT2D eigenvalue weighted by molar-refractivity contribution is -0.236. The highest BCUT2D eigenvalue weighted by Gasteiger charge is 2.72. The molecule has 1 saturated heterocycles. The summed E-state index contributed by atoms with van der Waals surface area (Å²) in [6.07, 6.45) is -6.62. The number of phenols is 2. The largest absolute Gasteiger partial charge is 0.507 e. The molecule has 17 nitrogen and oxygen atoms in total. The number of nitrogens with one attached hydrogen (secondary N) is 2. The van der Waals surface area contributed by atoms with Gasteiger partial charge in [-0.05, 0) is 48.7 Å². The molecule has 3 aliphatic carbocycles. The van der Waals surface area contributed by atoms with Gasteiger partial charge in [0.05, 0.1) is 41.7 Å². The maximum absolute atomic E-state index is 14.9. The van der Waals surface area contributed by atoms with Crippen molar-refractivity contribution in [2.45, 2.75) is 74.8 Å². The van der Waals surface area contributed by atoms with Gasteiger partial charge < -0.3 is 59.9 Å². The number of hydrogen-bond acceptors (Lipinski definition) is 16. The number of ketones is 4. The average Bonchev–Trinajstić information content (AvgIpc) is 3.18. The second kappa shape index (κ2) is 14.7. The third kappa shape index (κ3) is 5.68. The Labute approximate surface area is 331 Å². The molecule has 306 valence electrons. The average molecular weight is 803 g/mol. The molecule has 3 aromatic carbocycles. The van der Waals surface area contributed by atoms with Gasteiger partial charge in [-0.25, -0.2) is 0 Å². The summed E-state index contributed by atoms with van der Waals surface area (Å²) in [5.74, 6) is -6.82. The van der Waals surface area contributed by atoms with Crippen LogP contribution in [0.1, 0.15) is 81.0 Å². The summed E-state index contributed by atoms with van der Waals surface area (Å²) in [5.41, 5.74) is -9.36. The molecule has 0 aromatic heterocycles. The third-order valence-electron chi connectivity index (χ3n) is 11.6. The smallest absolute Gasteiger partial charge is 0.255 e. The second-order valence-corrected chi connectivity index (χ2v) is 14.6. The van der Waals surface area contributed by atoms with Gasteiger partial charge in [-0.3, -0.25) is 24.0 Å². The molecule has 58 heavy (non-hydrogen) atoms. The van der Waals surface area contributed by atoms with E-state index in [1.54, 1.807) is 31.2 Å². The van der Waals surface area contributed by atoms with E-state index in [1.165, 1.54) is 34.3 Å². The zero-order valence-electron chi connectivity index (χ0n) is 32.2. The van der Waals surface area contributed by atoms with Crippen LogP contribution in [0.4, 0.5) is 0 Å². The molecule has 1 heterocycles. The number of carbonyl (C=O) groups excluding carboxylic acids is 5. The highest BCUT2D eigenvalue weighted by molar-refractivity contribution is 6.31. The first kappa shape index (κ1) is 40.7. The van der Waals surface area contributed by atoms with Gasteiger partial charge in [0.2, 0.25) is 17.3 Å². The van der Waals surface area contributed by atoms with Crippen molar-refractivity contribution < 1.29 is 73.2 Å². The Morgan fingerprint density at radius 3 is 2.21 bits per heavy atom. The van der Waals surface area contributed by atoms with E-state index in [4.69, 9.17) is 23.7 Å². The number of fused-ring (bicyclic) bond motifs is 5. The number of aryl methyl sites for hydroxylation is 1. The zero-order chi connectivity index (χ0) is 42.2. The van der Waals surface area contributed by atoms with Crippen molar-refractivity contribution in [2.75, 3.05) is 28.4 Å². The molecule has 0 saturated carbocycles. The van der Waals surface area contributed by atoms with E-state index in [0.717, 1.165) is 19.3 Å². The molecule has 0 spiro atoms. The number of benzene rings is 3. The van der Waals surface area contributed by atoms with Crippen molar-refractivity contribution in [3.8, 4) is 17.2 Å². The lowest BCUT2D eigenvalue weighted by Gasteiger charge is -2.53. The number of aromatic hydroxyl groups is 2. The number of methoxy groups -OCH3 is 4. The first-order valence-corrected chi connectivity index (χ1v) is 18.2. The van der Waals surface area contributed by atoms with Crippen molar-refractivity contribution in [3.05, 3.63) is 98.2 Å². The van der Waals surface area contributed by atoms with Crippen LogP contribution in [0.2, 0.25) is 0 Å². The minimum atomic E-state index is -3.26. The van der Waals surface area contributed by atoms with E-state index in [9.17, 15) is 49.5 Å². The van der Waals surface area contributed by atoms with Crippen molar-refractivity contribution in [3.63, 3.8) is 0 Å². The molecular formula is C41H42N2O15. The van der Waals surface area contributed by atoms with Crippen LogP contribution < -0.4 is 15.4 Å². The normalized spacial score (nSPS) is 28.8. The fraction of sp³-hybridized carbons (Fsp3) is 0.390. The SMILES string of the molecule is COc1ccc(CNC(=O)c2c(C)cc3c(c2O)[C@]2(O)C(=O)c4cc5c(c(O)c4C(=O)[C@]2(OC)[C@H](O)C3)C(=O)C=C(N[C@H]2O[C@@H](C)[C@H](OC)[C@@H](O)[C@H]2OC)C5=O)cc1. The molecule has 1 amide bonds. The van der Waals surface area contributed by atoms with Crippen molar-refractivity contribution in [1.29, 1.82) is 0 Å². The molecule has 17 heteroatoms. The van der Waals surface area contributed by atoms with Gasteiger partial charge in [-0.1, -0.05) is 18.2 Å². The number of amides is 1. The highest BCUT2D eigenvalue weighted by Crippen LogP contribution is 2.56. The van der Waals surface area contributed by atoms with Crippen LogP contribution in [0.5, 0.6) is 17.2 Å². The minimum absolute atomic E-state index is 0.00325. The lowest BCUT2D eigenvalue weighted by atomic mass is 9.56. The van der Waals surface area contributed by atoms with Crippen molar-refractivity contribution in [1.82, 2.24) is 10.6 Å². The number of allylic oxidation sites excluding steroid dienone is 2. The van der Waals surface area contributed by atoms with E-state index in [2.05, 4.69) is 10.6 Å². The molecule has 3 aromatic rings. The molecule has 7 N–H and O–H groups in total. The third-order valence-corrected chi connectivity index (χ3v) is 11.6. The van der Waals surface area contributed by atoms with E-state index in [0.29, 0.717) is 11.3 Å². The zero-order valence-corrected chi connectivity index (χ0v) is 32.2. The molecule has 0 unspecified atom stereocenters. The maximum Gasteiger partial charge on any atom is 0.255 e. The summed E-state index contributed by atoms with van der Waals surface area (Å²) in [7, 11) is 5.11. The number of carbonyl (C=O) groups is 5. The minimum Gasteiger partial charge on any atom is -0.507 e. The monoisotopic (exact) mass is 802 g/mol. The highest BCUT2D eigenvalue weighted by atomic mass is 16.6. The number of aliphatic hydroxyl groups excluding tert-OH is 2. The molecule has 0 radical (unpaired) electrons. The van der Waals surface area contributed by atoms with E-state index >= 15 is 0 Å². The Hall–Kier alpha value is -5.53. The van der Waals surface area contributed by atoms with Gasteiger partial charge in [0, 0.05) is 57.1 Å². The van der Waals surface area contributed by atoms with Gasteiger partial charge >= 0.3 is 0 Å². The Morgan fingerprint density at radius 2 is 1.59 bits per heavy atom. The van der Waals surface area contributed by atoms with Crippen molar-refractivity contribution in [2.24, 2.45) is 0 Å². The topological polar surface area (TPSA) is 257 Å². The number of aliphatic hydroxyl groups is 3. The van der Waals surface area contributed by atoms with Crippen LogP contribution >= 0.6 is 0 Å². The van der Waals surface area contributed by atoms with Crippen LogP contribution in [-0.2, 0) is 37.5 Å². The van der Waals surface area contributed by atoms with Crippen LogP contribution in [0.3, 0.4) is 0 Å². The quantitative estimate of drug-likeness (QED) is 0.159. The predicted octanol–water partition coefficient (Wildman–Crippen LogP) is 0.902. The van der Waals surface area contributed by atoms with Crippen LogP contribution in [0, 0.1) is 6.92 Å².